The number of rotatable bonds is 6. The summed E-state index contributed by atoms with van der Waals surface area (Å²) in [6.07, 6.45) is 0.333. The summed E-state index contributed by atoms with van der Waals surface area (Å²) in [5, 5.41) is 2.90. The van der Waals surface area contributed by atoms with Crippen molar-refractivity contribution in [3.8, 4) is 5.75 Å². The van der Waals surface area contributed by atoms with Crippen molar-refractivity contribution in [2.45, 2.75) is 40.0 Å². The van der Waals surface area contributed by atoms with Crippen LogP contribution in [-0.4, -0.2) is 12.5 Å². The van der Waals surface area contributed by atoms with Gasteiger partial charge >= 0.3 is 0 Å². The number of hydrogen-bond acceptors (Lipinski definition) is 2. The van der Waals surface area contributed by atoms with Gasteiger partial charge < -0.3 is 10.1 Å². The third-order valence-electron chi connectivity index (χ3n) is 3.79. The van der Waals surface area contributed by atoms with Gasteiger partial charge in [-0.15, -0.1) is 0 Å². The summed E-state index contributed by atoms with van der Waals surface area (Å²) in [6, 6.07) is 14.1. The molecule has 1 amide bonds. The molecule has 0 saturated heterocycles. The van der Waals surface area contributed by atoms with Crippen LogP contribution < -0.4 is 10.1 Å². The average Bonchev–Trinajstić information content (AvgIpc) is 2.51. The summed E-state index contributed by atoms with van der Waals surface area (Å²) in [7, 11) is 0. The number of hydrogen-bond donors (Lipinski definition) is 1. The molecule has 0 fully saturated rings. The summed E-state index contributed by atoms with van der Waals surface area (Å²) in [5.41, 5.74) is 4.33. The molecule has 2 aromatic carbocycles. The lowest BCUT2D eigenvalue weighted by Crippen LogP contribution is -2.15. The van der Waals surface area contributed by atoms with E-state index in [1.54, 1.807) is 0 Å². The Hall–Kier alpha value is -2.29. The lowest BCUT2D eigenvalue weighted by Gasteiger charge is -2.11. The molecule has 0 bridgehead atoms. The first kappa shape index (κ1) is 17.1. The highest BCUT2D eigenvalue weighted by molar-refractivity contribution is 5.90. The quantitative estimate of drug-likeness (QED) is 0.829. The number of carbonyl (C=O) groups excluding carboxylic acids is 1. The molecule has 0 spiro atoms. The Balaban J connectivity index is 1.82. The maximum atomic E-state index is 12.0. The second-order valence-electron chi connectivity index (χ2n) is 6.19. The van der Waals surface area contributed by atoms with Crippen molar-refractivity contribution in [3.05, 3.63) is 59.2 Å². The van der Waals surface area contributed by atoms with Gasteiger partial charge in [-0.25, -0.2) is 0 Å². The maximum absolute atomic E-state index is 12.0. The zero-order valence-corrected chi connectivity index (χ0v) is 14.3. The molecule has 122 valence electrons. The van der Waals surface area contributed by atoms with Gasteiger partial charge in [0.1, 0.15) is 5.75 Å². The van der Waals surface area contributed by atoms with Crippen LogP contribution in [-0.2, 0) is 4.79 Å². The number of anilines is 1. The Morgan fingerprint density at radius 1 is 1.09 bits per heavy atom. The van der Waals surface area contributed by atoms with Crippen molar-refractivity contribution in [2.24, 2.45) is 0 Å². The molecule has 0 aromatic heterocycles. The third kappa shape index (κ3) is 5.13. The minimum absolute atomic E-state index is 0.0346. The molecule has 0 aliphatic carbocycles. The van der Waals surface area contributed by atoms with Gasteiger partial charge in [0.05, 0.1) is 13.0 Å². The van der Waals surface area contributed by atoms with E-state index in [0.29, 0.717) is 18.9 Å². The van der Waals surface area contributed by atoms with E-state index < -0.39 is 0 Å². The van der Waals surface area contributed by atoms with E-state index >= 15 is 0 Å². The first-order valence-corrected chi connectivity index (χ1v) is 8.05. The van der Waals surface area contributed by atoms with Crippen molar-refractivity contribution in [3.63, 3.8) is 0 Å². The molecular weight excluding hydrogens is 286 g/mol. The number of aryl methyl sites for hydroxylation is 2. The molecule has 1 N–H and O–H groups in total. The van der Waals surface area contributed by atoms with Crippen LogP contribution in [0.25, 0.3) is 0 Å². The van der Waals surface area contributed by atoms with Gasteiger partial charge in [-0.1, -0.05) is 38.1 Å². The second-order valence-corrected chi connectivity index (χ2v) is 6.19. The van der Waals surface area contributed by atoms with Crippen molar-refractivity contribution in [1.82, 2.24) is 0 Å². The van der Waals surface area contributed by atoms with Crippen LogP contribution in [0.3, 0.4) is 0 Å². The standard InChI is InChI=1S/C20H25NO2/c1-14(2)17-7-9-18(10-8-17)21-20(22)11-12-23-19-13-15(3)5-6-16(19)4/h5-10,13-14H,11-12H2,1-4H3,(H,21,22). The Bertz CT molecular complexity index is 660. The number of ether oxygens (including phenoxy) is 1. The van der Waals surface area contributed by atoms with Gasteiger partial charge in [0.15, 0.2) is 0 Å². The Kier molecular flexibility index (Phi) is 5.80. The highest BCUT2D eigenvalue weighted by atomic mass is 16.5. The number of nitrogens with one attached hydrogen (secondary N) is 1. The molecule has 23 heavy (non-hydrogen) atoms. The number of benzene rings is 2. The molecule has 2 rings (SSSR count). The van der Waals surface area contributed by atoms with E-state index in [0.717, 1.165) is 22.6 Å². The normalized spacial score (nSPS) is 10.7. The van der Waals surface area contributed by atoms with E-state index in [4.69, 9.17) is 4.74 Å². The molecule has 3 nitrogen and oxygen atoms in total. The zero-order chi connectivity index (χ0) is 16.8. The first-order chi connectivity index (χ1) is 11.0. The van der Waals surface area contributed by atoms with Gasteiger partial charge in [0.25, 0.3) is 0 Å². The lowest BCUT2D eigenvalue weighted by atomic mass is 10.0. The van der Waals surface area contributed by atoms with Crippen molar-refractivity contribution in [2.75, 3.05) is 11.9 Å². The fourth-order valence-corrected chi connectivity index (χ4v) is 2.29. The van der Waals surface area contributed by atoms with Gasteiger partial charge in [-0.3, -0.25) is 4.79 Å². The molecule has 0 heterocycles. The smallest absolute Gasteiger partial charge is 0.227 e. The van der Waals surface area contributed by atoms with Crippen molar-refractivity contribution >= 4 is 11.6 Å². The Morgan fingerprint density at radius 2 is 1.78 bits per heavy atom. The first-order valence-electron chi connectivity index (χ1n) is 8.05. The number of carbonyl (C=O) groups is 1. The predicted octanol–water partition coefficient (Wildman–Crippen LogP) is 4.83. The molecule has 0 saturated carbocycles. The van der Waals surface area contributed by atoms with E-state index in [2.05, 4.69) is 25.2 Å². The highest BCUT2D eigenvalue weighted by Gasteiger charge is 2.05. The maximum Gasteiger partial charge on any atom is 0.227 e. The molecule has 0 aliphatic heterocycles. The average molecular weight is 311 g/mol. The summed E-state index contributed by atoms with van der Waals surface area (Å²) < 4.78 is 5.72. The van der Waals surface area contributed by atoms with Gasteiger partial charge in [0, 0.05) is 5.69 Å². The Morgan fingerprint density at radius 3 is 2.43 bits per heavy atom. The number of amides is 1. The molecule has 0 radical (unpaired) electrons. The van der Waals surface area contributed by atoms with Gasteiger partial charge in [0.2, 0.25) is 5.91 Å². The molecule has 3 heteroatoms. The largest absolute Gasteiger partial charge is 0.493 e. The highest BCUT2D eigenvalue weighted by Crippen LogP contribution is 2.20. The van der Waals surface area contributed by atoms with Crippen LogP contribution in [0.15, 0.2) is 42.5 Å². The van der Waals surface area contributed by atoms with E-state index in [1.165, 1.54) is 5.56 Å². The van der Waals surface area contributed by atoms with Crippen LogP contribution in [0.2, 0.25) is 0 Å². The van der Waals surface area contributed by atoms with Gasteiger partial charge in [-0.2, -0.15) is 0 Å². The molecular formula is C20H25NO2. The van der Waals surface area contributed by atoms with E-state index in [9.17, 15) is 4.79 Å². The topological polar surface area (TPSA) is 38.3 Å². The summed E-state index contributed by atoms with van der Waals surface area (Å²) >= 11 is 0. The Labute approximate surface area is 138 Å². The summed E-state index contributed by atoms with van der Waals surface area (Å²) in [5.74, 6) is 1.30. The minimum atomic E-state index is -0.0346. The molecule has 2 aromatic rings. The minimum Gasteiger partial charge on any atom is -0.493 e. The summed E-state index contributed by atoms with van der Waals surface area (Å²) in [6.45, 7) is 8.71. The van der Waals surface area contributed by atoms with E-state index in [-0.39, 0.29) is 5.91 Å². The monoisotopic (exact) mass is 311 g/mol. The summed E-state index contributed by atoms with van der Waals surface area (Å²) in [4.78, 5) is 12.0. The molecule has 0 atom stereocenters. The fourth-order valence-electron chi connectivity index (χ4n) is 2.29. The van der Waals surface area contributed by atoms with Crippen molar-refractivity contribution in [1.29, 1.82) is 0 Å². The van der Waals surface area contributed by atoms with Crippen LogP contribution in [0.4, 0.5) is 5.69 Å². The molecule has 0 aliphatic rings. The second kappa shape index (κ2) is 7.82. The van der Waals surface area contributed by atoms with Crippen LogP contribution in [0.1, 0.15) is 42.9 Å². The van der Waals surface area contributed by atoms with E-state index in [1.807, 2.05) is 50.2 Å². The van der Waals surface area contributed by atoms with Crippen LogP contribution in [0, 0.1) is 13.8 Å². The SMILES string of the molecule is Cc1ccc(C)c(OCCC(=O)Nc2ccc(C(C)C)cc2)c1. The van der Waals surface area contributed by atoms with Gasteiger partial charge in [-0.05, 0) is 54.7 Å². The van der Waals surface area contributed by atoms with Crippen LogP contribution >= 0.6 is 0 Å². The third-order valence-corrected chi connectivity index (χ3v) is 3.79. The van der Waals surface area contributed by atoms with Crippen LogP contribution in [0.5, 0.6) is 5.75 Å². The fraction of sp³-hybridized carbons (Fsp3) is 0.350. The lowest BCUT2D eigenvalue weighted by molar-refractivity contribution is -0.116. The van der Waals surface area contributed by atoms with Crippen molar-refractivity contribution < 1.29 is 9.53 Å². The predicted molar refractivity (Wildman–Crippen MR) is 95.2 cm³/mol. The molecule has 0 unspecified atom stereocenters. The zero-order valence-electron chi connectivity index (χ0n) is 14.3.